The Balaban J connectivity index is 1.73. The highest BCUT2D eigenvalue weighted by atomic mass is 16.5. The van der Waals surface area contributed by atoms with Gasteiger partial charge in [0.25, 0.3) is 11.8 Å². The number of nitrogens with zero attached hydrogens (tertiary/aromatic N) is 2. The molecule has 0 N–H and O–H groups in total. The molecule has 1 saturated carbocycles. The van der Waals surface area contributed by atoms with Gasteiger partial charge in [0.2, 0.25) is 0 Å². The van der Waals surface area contributed by atoms with E-state index in [1.807, 2.05) is 29.2 Å². The predicted molar refractivity (Wildman–Crippen MR) is 101 cm³/mol. The standard InChI is InChI=1S/C21H26N2O4/c1-26-17-9-7-15(8-10-17)18-19(22-11-13-27-14-12-22)21(25)23(20(18)24)16-5-3-2-4-6-16/h7-10,16H,2-6,11-14H2,1H3. The van der Waals surface area contributed by atoms with Crippen molar-refractivity contribution in [2.75, 3.05) is 33.4 Å². The lowest BCUT2D eigenvalue weighted by atomic mass is 9.94. The molecule has 0 unspecified atom stereocenters. The normalized spacial score (nSPS) is 22.0. The number of amides is 2. The molecule has 0 atom stereocenters. The highest BCUT2D eigenvalue weighted by molar-refractivity contribution is 6.35. The van der Waals surface area contributed by atoms with Crippen molar-refractivity contribution in [2.24, 2.45) is 0 Å². The molecular weight excluding hydrogens is 344 g/mol. The maximum absolute atomic E-state index is 13.4. The van der Waals surface area contributed by atoms with E-state index in [1.165, 1.54) is 11.3 Å². The van der Waals surface area contributed by atoms with Gasteiger partial charge >= 0.3 is 0 Å². The third-order valence-electron chi connectivity index (χ3n) is 5.74. The van der Waals surface area contributed by atoms with Crippen LogP contribution < -0.4 is 4.74 Å². The number of methoxy groups -OCH3 is 1. The summed E-state index contributed by atoms with van der Waals surface area (Å²) in [6, 6.07) is 7.42. The number of imide groups is 1. The minimum Gasteiger partial charge on any atom is -0.497 e. The van der Waals surface area contributed by atoms with E-state index in [0.717, 1.165) is 37.0 Å². The Bertz CT molecular complexity index is 744. The van der Waals surface area contributed by atoms with Gasteiger partial charge in [-0.15, -0.1) is 0 Å². The zero-order valence-electron chi connectivity index (χ0n) is 15.8. The SMILES string of the molecule is COc1ccc(C2=C(N3CCOCC3)C(=O)N(C3CCCCC3)C2=O)cc1. The first kappa shape index (κ1) is 18.0. The van der Waals surface area contributed by atoms with E-state index < -0.39 is 0 Å². The van der Waals surface area contributed by atoms with Crippen LogP contribution in [-0.2, 0) is 14.3 Å². The van der Waals surface area contributed by atoms with Crippen LogP contribution in [0.3, 0.4) is 0 Å². The minimum atomic E-state index is -0.154. The van der Waals surface area contributed by atoms with Gasteiger partial charge in [0.15, 0.2) is 0 Å². The zero-order valence-corrected chi connectivity index (χ0v) is 15.8. The van der Waals surface area contributed by atoms with Crippen molar-refractivity contribution in [3.63, 3.8) is 0 Å². The Hall–Kier alpha value is -2.34. The van der Waals surface area contributed by atoms with Gasteiger partial charge in [-0.2, -0.15) is 0 Å². The van der Waals surface area contributed by atoms with Crippen molar-refractivity contribution in [3.8, 4) is 5.75 Å². The van der Waals surface area contributed by atoms with Crippen LogP contribution >= 0.6 is 0 Å². The average Bonchev–Trinajstić information content (AvgIpc) is 2.99. The van der Waals surface area contributed by atoms with Gasteiger partial charge in [0.1, 0.15) is 11.4 Å². The van der Waals surface area contributed by atoms with Crippen LogP contribution in [0.2, 0.25) is 0 Å². The highest BCUT2D eigenvalue weighted by Crippen LogP contribution is 2.36. The molecule has 1 aliphatic carbocycles. The Kier molecular flexibility index (Phi) is 5.16. The summed E-state index contributed by atoms with van der Waals surface area (Å²) in [6.45, 7) is 2.41. The number of rotatable bonds is 4. The first-order valence-electron chi connectivity index (χ1n) is 9.80. The van der Waals surface area contributed by atoms with Gasteiger partial charge in [-0.1, -0.05) is 31.4 Å². The van der Waals surface area contributed by atoms with Crippen LogP contribution in [0.5, 0.6) is 5.75 Å². The number of benzene rings is 1. The maximum atomic E-state index is 13.4. The summed E-state index contributed by atoms with van der Waals surface area (Å²) in [4.78, 5) is 30.3. The quantitative estimate of drug-likeness (QED) is 0.762. The molecule has 0 spiro atoms. The van der Waals surface area contributed by atoms with E-state index in [4.69, 9.17) is 9.47 Å². The number of carbonyl (C=O) groups excluding carboxylic acids is 2. The van der Waals surface area contributed by atoms with Crippen LogP contribution in [0.1, 0.15) is 37.7 Å². The molecule has 3 aliphatic rings. The van der Waals surface area contributed by atoms with E-state index >= 15 is 0 Å². The summed E-state index contributed by atoms with van der Waals surface area (Å²) in [5.41, 5.74) is 1.84. The molecule has 27 heavy (non-hydrogen) atoms. The molecule has 0 aromatic heterocycles. The molecule has 1 aromatic rings. The van der Waals surface area contributed by atoms with Gasteiger partial charge in [0.05, 0.1) is 25.9 Å². The molecule has 2 fully saturated rings. The Labute approximate surface area is 159 Å². The second-order valence-electron chi connectivity index (χ2n) is 7.32. The topological polar surface area (TPSA) is 59.1 Å². The third kappa shape index (κ3) is 3.34. The van der Waals surface area contributed by atoms with Crippen molar-refractivity contribution < 1.29 is 19.1 Å². The van der Waals surface area contributed by atoms with Crippen molar-refractivity contribution >= 4 is 17.4 Å². The van der Waals surface area contributed by atoms with Gasteiger partial charge < -0.3 is 14.4 Å². The van der Waals surface area contributed by atoms with E-state index in [0.29, 0.717) is 37.6 Å². The number of ether oxygens (including phenoxy) is 2. The molecule has 2 aliphatic heterocycles. The summed E-state index contributed by atoms with van der Waals surface area (Å²) >= 11 is 0. The number of morpholine rings is 1. The number of carbonyl (C=O) groups is 2. The molecular formula is C21H26N2O4. The molecule has 2 amide bonds. The minimum absolute atomic E-state index is 0.0190. The van der Waals surface area contributed by atoms with Crippen molar-refractivity contribution in [2.45, 2.75) is 38.1 Å². The fraction of sp³-hybridized carbons (Fsp3) is 0.524. The van der Waals surface area contributed by atoms with Gasteiger partial charge in [-0.3, -0.25) is 14.5 Å². The summed E-state index contributed by atoms with van der Waals surface area (Å²) in [7, 11) is 1.61. The zero-order chi connectivity index (χ0) is 18.8. The summed E-state index contributed by atoms with van der Waals surface area (Å²) in [5, 5.41) is 0. The highest BCUT2D eigenvalue weighted by Gasteiger charge is 2.45. The smallest absolute Gasteiger partial charge is 0.278 e. The van der Waals surface area contributed by atoms with E-state index in [-0.39, 0.29) is 17.9 Å². The second kappa shape index (κ2) is 7.72. The summed E-state index contributed by atoms with van der Waals surface area (Å²) in [5.74, 6) is 0.436. The first-order chi connectivity index (χ1) is 13.2. The van der Waals surface area contributed by atoms with Crippen LogP contribution in [0.15, 0.2) is 30.0 Å². The molecule has 1 saturated heterocycles. The Morgan fingerprint density at radius 3 is 2.26 bits per heavy atom. The first-order valence-corrected chi connectivity index (χ1v) is 9.80. The molecule has 2 heterocycles. The molecule has 0 radical (unpaired) electrons. The largest absolute Gasteiger partial charge is 0.497 e. The lowest BCUT2D eigenvalue weighted by Gasteiger charge is -2.32. The lowest BCUT2D eigenvalue weighted by molar-refractivity contribution is -0.141. The monoisotopic (exact) mass is 370 g/mol. The Morgan fingerprint density at radius 1 is 0.963 bits per heavy atom. The van der Waals surface area contributed by atoms with Crippen molar-refractivity contribution in [3.05, 3.63) is 35.5 Å². The average molecular weight is 370 g/mol. The van der Waals surface area contributed by atoms with Crippen LogP contribution in [0, 0.1) is 0 Å². The number of hydrogen-bond donors (Lipinski definition) is 0. The van der Waals surface area contributed by atoms with E-state index in [2.05, 4.69) is 0 Å². The fourth-order valence-electron chi connectivity index (χ4n) is 4.30. The molecule has 6 nitrogen and oxygen atoms in total. The van der Waals surface area contributed by atoms with Crippen LogP contribution in [0.25, 0.3) is 5.57 Å². The van der Waals surface area contributed by atoms with Crippen LogP contribution in [0.4, 0.5) is 0 Å². The molecule has 4 rings (SSSR count). The van der Waals surface area contributed by atoms with Gasteiger partial charge in [0, 0.05) is 19.1 Å². The lowest BCUT2D eigenvalue weighted by Crippen LogP contribution is -2.45. The van der Waals surface area contributed by atoms with E-state index in [9.17, 15) is 9.59 Å². The molecule has 144 valence electrons. The molecule has 6 heteroatoms. The predicted octanol–water partition coefficient (Wildman–Crippen LogP) is 2.44. The van der Waals surface area contributed by atoms with Crippen LogP contribution in [-0.4, -0.2) is 61.1 Å². The van der Waals surface area contributed by atoms with Gasteiger partial charge in [-0.25, -0.2) is 0 Å². The molecule has 1 aromatic carbocycles. The number of hydrogen-bond acceptors (Lipinski definition) is 5. The van der Waals surface area contributed by atoms with Crippen molar-refractivity contribution in [1.82, 2.24) is 9.80 Å². The molecule has 0 bridgehead atoms. The third-order valence-corrected chi connectivity index (χ3v) is 5.74. The second-order valence-corrected chi connectivity index (χ2v) is 7.32. The van der Waals surface area contributed by atoms with Gasteiger partial charge in [-0.05, 0) is 30.5 Å². The fourth-order valence-corrected chi connectivity index (χ4v) is 4.30. The van der Waals surface area contributed by atoms with E-state index in [1.54, 1.807) is 7.11 Å². The summed E-state index contributed by atoms with van der Waals surface area (Å²) < 4.78 is 10.7. The Morgan fingerprint density at radius 2 is 1.63 bits per heavy atom. The maximum Gasteiger partial charge on any atom is 0.278 e. The summed E-state index contributed by atoms with van der Waals surface area (Å²) in [6.07, 6.45) is 5.15. The van der Waals surface area contributed by atoms with Crippen molar-refractivity contribution in [1.29, 1.82) is 0 Å².